The van der Waals surface area contributed by atoms with Gasteiger partial charge in [0.15, 0.2) is 17.6 Å². The molecule has 280 valence electrons. The number of amides is 4. The molecular formula is C36H52N6O9. The molecule has 1 fully saturated rings. The Bertz CT molecular complexity index is 1550. The van der Waals surface area contributed by atoms with E-state index in [9.17, 15) is 29.1 Å². The predicted molar refractivity (Wildman–Crippen MR) is 186 cm³/mol. The first-order chi connectivity index (χ1) is 24.3. The zero-order chi connectivity index (χ0) is 37.0. The van der Waals surface area contributed by atoms with Gasteiger partial charge in [-0.3, -0.25) is 19.2 Å². The highest BCUT2D eigenvalue weighted by atomic mass is 16.6. The van der Waals surface area contributed by atoms with Crippen molar-refractivity contribution in [2.24, 2.45) is 17.6 Å². The van der Waals surface area contributed by atoms with Crippen molar-refractivity contribution in [3.63, 3.8) is 0 Å². The number of rotatable bonds is 14. The summed E-state index contributed by atoms with van der Waals surface area (Å²) < 4.78 is 18.5. The van der Waals surface area contributed by atoms with Gasteiger partial charge in [0, 0.05) is 37.0 Å². The monoisotopic (exact) mass is 712 g/mol. The van der Waals surface area contributed by atoms with Crippen LogP contribution < -0.4 is 31.2 Å². The number of likely N-dealkylation sites (N-methyl/N-ethyl adjacent to an activating group) is 1. The minimum atomic E-state index is -0.979. The Balaban J connectivity index is 1.33. The number of methoxy groups -OCH3 is 1. The van der Waals surface area contributed by atoms with Gasteiger partial charge in [-0.2, -0.15) is 0 Å². The highest BCUT2D eigenvalue weighted by Crippen LogP contribution is 2.60. The van der Waals surface area contributed by atoms with Crippen molar-refractivity contribution < 1.29 is 43.3 Å². The zero-order valence-electron chi connectivity index (χ0n) is 30.2. The van der Waals surface area contributed by atoms with Crippen LogP contribution >= 0.6 is 0 Å². The van der Waals surface area contributed by atoms with Gasteiger partial charge in [-0.05, 0) is 89.2 Å². The number of piperidine rings is 1. The van der Waals surface area contributed by atoms with Crippen LogP contribution in [0.1, 0.15) is 63.5 Å². The third-order valence-corrected chi connectivity index (χ3v) is 11.0. The molecule has 2 aliphatic heterocycles. The quantitative estimate of drug-likeness (QED) is 0.174. The Morgan fingerprint density at radius 3 is 2.61 bits per heavy atom. The molecule has 2 heterocycles. The predicted octanol–water partition coefficient (Wildman–Crippen LogP) is 1.27. The lowest BCUT2D eigenvalue weighted by molar-refractivity contribution is -0.144. The number of aliphatic carboxylic acids is 1. The number of nitrogens with two attached hydrogens (primary N) is 1. The smallest absolute Gasteiger partial charge is 0.415 e. The van der Waals surface area contributed by atoms with Crippen LogP contribution in [0.2, 0.25) is 0 Å². The maximum absolute atomic E-state index is 14.0. The van der Waals surface area contributed by atoms with Gasteiger partial charge < -0.3 is 50.8 Å². The molecule has 6 unspecified atom stereocenters. The van der Waals surface area contributed by atoms with Gasteiger partial charge in [-0.1, -0.05) is 13.0 Å². The summed E-state index contributed by atoms with van der Waals surface area (Å²) in [6, 6.07) is 2.64. The van der Waals surface area contributed by atoms with E-state index in [4.69, 9.17) is 19.9 Å². The lowest BCUT2D eigenvalue weighted by Gasteiger charge is -2.50. The molecule has 0 radical (unpaired) electrons. The number of allylic oxidation sites excluding steroid dienone is 1. The molecule has 1 aromatic carbocycles. The van der Waals surface area contributed by atoms with Crippen molar-refractivity contribution in [1.29, 1.82) is 0 Å². The van der Waals surface area contributed by atoms with Gasteiger partial charge in [0.1, 0.15) is 11.8 Å². The van der Waals surface area contributed by atoms with Gasteiger partial charge >= 0.3 is 12.1 Å². The van der Waals surface area contributed by atoms with Crippen molar-refractivity contribution >= 4 is 29.8 Å². The zero-order valence-corrected chi connectivity index (χ0v) is 30.2. The minimum absolute atomic E-state index is 0.0536. The molecule has 51 heavy (non-hydrogen) atoms. The van der Waals surface area contributed by atoms with Crippen LogP contribution in [0.15, 0.2) is 24.0 Å². The van der Waals surface area contributed by atoms with Crippen LogP contribution in [-0.2, 0) is 35.8 Å². The fraction of sp³-hybridized carbons (Fsp3) is 0.639. The van der Waals surface area contributed by atoms with Crippen LogP contribution in [0.5, 0.6) is 11.5 Å². The van der Waals surface area contributed by atoms with E-state index in [-0.39, 0.29) is 50.3 Å². The maximum atomic E-state index is 14.0. The van der Waals surface area contributed by atoms with E-state index < -0.39 is 53.4 Å². The largest absolute Gasteiger partial charge is 0.493 e. The highest BCUT2D eigenvalue weighted by molar-refractivity contribution is 5.89. The van der Waals surface area contributed by atoms with Crippen LogP contribution in [-0.4, -0.2) is 116 Å². The SMILES string of the molecule is COc1ccc2c3c1OC1C(OC(=O)N4CCC(C(=O)O)CC4CNC(=O)[C@H](CCCCN)NC(=O)CNC(C)=O)=CCC(C(N(C)C)C2)C31C. The number of carboxylic acid groups (broad SMARTS) is 1. The van der Waals surface area contributed by atoms with E-state index in [0.29, 0.717) is 49.5 Å². The average Bonchev–Trinajstić information content (AvgIpc) is 3.43. The van der Waals surface area contributed by atoms with Crippen LogP contribution in [0, 0.1) is 11.8 Å². The summed E-state index contributed by atoms with van der Waals surface area (Å²) in [5.74, 6) is -1.22. The number of nitrogens with zero attached hydrogens (tertiary/aromatic N) is 2. The lowest BCUT2D eigenvalue weighted by Crippen LogP contribution is -2.57. The van der Waals surface area contributed by atoms with Crippen LogP contribution in [0.3, 0.4) is 0 Å². The van der Waals surface area contributed by atoms with E-state index in [1.54, 1.807) is 7.11 Å². The third-order valence-electron chi connectivity index (χ3n) is 11.0. The Kier molecular flexibility index (Phi) is 11.8. The van der Waals surface area contributed by atoms with Crippen molar-refractivity contribution in [1.82, 2.24) is 25.8 Å². The number of unbranched alkanes of at least 4 members (excludes halogenated alkanes) is 1. The molecule has 6 N–H and O–H groups in total. The molecule has 4 aliphatic rings. The molecule has 15 nitrogen and oxygen atoms in total. The van der Waals surface area contributed by atoms with Gasteiger partial charge in [0.25, 0.3) is 0 Å². The molecule has 1 aromatic rings. The Hall–Kier alpha value is -4.37. The fourth-order valence-corrected chi connectivity index (χ4v) is 8.33. The summed E-state index contributed by atoms with van der Waals surface area (Å²) in [6.07, 6.45) is 4.07. The lowest BCUT2D eigenvalue weighted by atomic mass is 9.57. The molecule has 5 rings (SSSR count). The van der Waals surface area contributed by atoms with Crippen molar-refractivity contribution in [3.8, 4) is 11.5 Å². The van der Waals surface area contributed by atoms with E-state index in [2.05, 4.69) is 47.9 Å². The number of carbonyl (C=O) groups is 5. The molecule has 0 aromatic heterocycles. The van der Waals surface area contributed by atoms with Gasteiger partial charge in [-0.25, -0.2) is 4.79 Å². The summed E-state index contributed by atoms with van der Waals surface area (Å²) >= 11 is 0. The summed E-state index contributed by atoms with van der Waals surface area (Å²) in [7, 11) is 5.76. The summed E-state index contributed by atoms with van der Waals surface area (Å²) in [4.78, 5) is 66.9. The molecular weight excluding hydrogens is 660 g/mol. The van der Waals surface area contributed by atoms with Crippen molar-refractivity contribution in [3.05, 3.63) is 35.1 Å². The van der Waals surface area contributed by atoms with E-state index in [1.165, 1.54) is 17.4 Å². The normalized spacial score (nSPS) is 26.6. The summed E-state index contributed by atoms with van der Waals surface area (Å²) in [5, 5.41) is 17.7. The highest BCUT2D eigenvalue weighted by Gasteiger charge is 2.61. The van der Waals surface area contributed by atoms with Gasteiger partial charge in [0.05, 0.1) is 25.6 Å². The number of carbonyl (C=O) groups excluding carboxylic acids is 4. The number of ether oxygens (including phenoxy) is 3. The maximum Gasteiger partial charge on any atom is 0.415 e. The molecule has 1 saturated heterocycles. The number of carboxylic acids is 1. The van der Waals surface area contributed by atoms with Crippen LogP contribution in [0.25, 0.3) is 0 Å². The first-order valence-electron chi connectivity index (χ1n) is 17.8. The molecule has 4 amide bonds. The second-order valence-electron chi connectivity index (χ2n) is 14.4. The number of hydrogen-bond acceptors (Lipinski definition) is 10. The molecule has 0 saturated carbocycles. The summed E-state index contributed by atoms with van der Waals surface area (Å²) in [6.45, 7) is 3.65. The van der Waals surface area contributed by atoms with E-state index >= 15 is 0 Å². The van der Waals surface area contributed by atoms with Crippen molar-refractivity contribution in [2.45, 2.75) is 88.4 Å². The molecule has 2 aliphatic carbocycles. The second-order valence-corrected chi connectivity index (χ2v) is 14.4. The number of likely N-dealkylation sites (tertiary alicyclic amines) is 1. The average molecular weight is 713 g/mol. The Morgan fingerprint density at radius 2 is 1.94 bits per heavy atom. The van der Waals surface area contributed by atoms with Gasteiger partial charge in [0.2, 0.25) is 17.7 Å². The summed E-state index contributed by atoms with van der Waals surface area (Å²) in [5.41, 5.74) is 7.40. The number of nitrogens with one attached hydrogen (secondary N) is 3. The number of benzene rings is 1. The number of hydrogen-bond donors (Lipinski definition) is 5. The topological polar surface area (TPSA) is 202 Å². The molecule has 7 atom stereocenters. The first-order valence-corrected chi connectivity index (χ1v) is 17.8. The Morgan fingerprint density at radius 1 is 1.18 bits per heavy atom. The molecule has 0 bridgehead atoms. The van der Waals surface area contributed by atoms with Crippen LogP contribution in [0.4, 0.5) is 4.79 Å². The standard InChI is InChI=1S/C36H52N6O9/c1-20(43)38-19-29(44)40-25(8-6-7-14-37)33(45)39-18-23-16-22(34(46)47)13-15-42(23)35(48)50-28-12-10-24-26(41(3)4)17-21-9-11-27(49-5)31-30(21)36(24,2)32(28)51-31/h9,11-12,22-26,32H,6-8,10,13-19,37H2,1-5H3,(H,38,43)(H,39,45)(H,40,44)(H,46,47)/t22?,23?,24?,25-,26?,32?,36?/m0/s1. The Labute approximate surface area is 298 Å². The van der Waals surface area contributed by atoms with Crippen molar-refractivity contribution in [2.75, 3.05) is 47.4 Å². The fourth-order valence-electron chi connectivity index (χ4n) is 8.33. The minimum Gasteiger partial charge on any atom is -0.493 e. The van der Waals surface area contributed by atoms with E-state index in [1.807, 2.05) is 12.1 Å². The third kappa shape index (κ3) is 7.78. The molecule has 15 heteroatoms. The van der Waals surface area contributed by atoms with Gasteiger partial charge in [-0.15, -0.1) is 0 Å². The first kappa shape index (κ1) is 37.9. The second kappa shape index (κ2) is 15.9. The molecule has 0 spiro atoms. The van der Waals surface area contributed by atoms with E-state index in [0.717, 1.165) is 12.0 Å².